The van der Waals surface area contributed by atoms with Gasteiger partial charge in [-0.05, 0) is 30.8 Å². The maximum absolute atomic E-state index is 14.3. The number of benzene rings is 3. The number of carbonyl (C=O) groups excluding carboxylic acids is 3. The lowest BCUT2D eigenvalue weighted by atomic mass is 9.58. The number of likely N-dealkylation sites (tertiary alicyclic amines) is 1. The van der Waals surface area contributed by atoms with Gasteiger partial charge in [0.15, 0.2) is 11.6 Å². The second-order valence-corrected chi connectivity index (χ2v) is 9.15. The first-order valence-corrected chi connectivity index (χ1v) is 10.9. The fourth-order valence-electron chi connectivity index (χ4n) is 6.25. The van der Waals surface area contributed by atoms with Gasteiger partial charge in [-0.1, -0.05) is 66.2 Å². The summed E-state index contributed by atoms with van der Waals surface area (Å²) in [6.07, 6.45) is 0. The molecule has 2 heterocycles. The number of ketones is 2. The number of hydrogen-bond acceptors (Lipinski definition) is 4. The number of anilines is 1. The van der Waals surface area contributed by atoms with E-state index >= 15 is 0 Å². The van der Waals surface area contributed by atoms with E-state index in [1.54, 1.807) is 36.4 Å². The van der Waals surface area contributed by atoms with Gasteiger partial charge in [0.05, 0.1) is 0 Å². The maximum atomic E-state index is 14.3. The second-order valence-electron chi connectivity index (χ2n) is 8.71. The highest BCUT2D eigenvalue weighted by Gasteiger charge is 2.78. The van der Waals surface area contributed by atoms with Gasteiger partial charge in [-0.25, -0.2) is 0 Å². The molecule has 5 nitrogen and oxygen atoms in total. The SMILES string of the molecule is CN1C[C@@H](c2cccc(Cl)c2)C2(C(=O)c3ccccc3C2=O)[C@]12C(=O)Nc1ccccc12. The summed E-state index contributed by atoms with van der Waals surface area (Å²) < 4.78 is 0. The standard InChI is InChI=1S/C26H19ClN2O3/c1-29-14-20(15-7-6-8-16(27)13-15)25(22(30)17-9-2-3-10-18(17)23(25)31)26(29)19-11-4-5-12-21(19)28-24(26)32/h2-13,20H,14H2,1H3,(H,28,32)/t20-,26-/m0/s1. The Hall–Kier alpha value is -3.28. The van der Waals surface area contributed by atoms with Crippen molar-refractivity contribution in [2.75, 3.05) is 18.9 Å². The number of likely N-dealkylation sites (N-methyl/N-ethyl adjacent to an activating group) is 1. The molecule has 1 fully saturated rings. The zero-order valence-electron chi connectivity index (χ0n) is 17.3. The topological polar surface area (TPSA) is 66.5 Å². The van der Waals surface area contributed by atoms with Gasteiger partial charge in [0, 0.05) is 39.9 Å². The molecule has 2 aliphatic heterocycles. The third kappa shape index (κ3) is 2.01. The van der Waals surface area contributed by atoms with Gasteiger partial charge < -0.3 is 5.32 Å². The number of Topliss-reactive ketones (excluding diaryl/α,β-unsaturated/α-hetero) is 2. The Kier molecular flexibility index (Phi) is 3.87. The van der Waals surface area contributed by atoms with Gasteiger partial charge in [-0.15, -0.1) is 0 Å². The van der Waals surface area contributed by atoms with Gasteiger partial charge >= 0.3 is 0 Å². The van der Waals surface area contributed by atoms with Crippen molar-refractivity contribution in [3.63, 3.8) is 0 Å². The molecule has 3 aromatic rings. The van der Waals surface area contributed by atoms with Gasteiger partial charge in [0.25, 0.3) is 5.91 Å². The van der Waals surface area contributed by atoms with E-state index in [9.17, 15) is 14.4 Å². The van der Waals surface area contributed by atoms with Crippen molar-refractivity contribution in [2.24, 2.45) is 5.41 Å². The average molecular weight is 443 g/mol. The maximum Gasteiger partial charge on any atom is 0.251 e. The molecule has 6 heteroatoms. The molecule has 1 amide bonds. The van der Waals surface area contributed by atoms with Gasteiger partial charge in [0.1, 0.15) is 11.0 Å². The van der Waals surface area contributed by atoms with Crippen molar-refractivity contribution >= 4 is 34.8 Å². The highest BCUT2D eigenvalue weighted by molar-refractivity contribution is 6.34. The minimum Gasteiger partial charge on any atom is -0.324 e. The van der Waals surface area contributed by atoms with Crippen molar-refractivity contribution in [3.05, 3.63) is 100 Å². The average Bonchev–Trinajstić information content (AvgIpc) is 3.34. The van der Waals surface area contributed by atoms with E-state index in [4.69, 9.17) is 11.6 Å². The summed E-state index contributed by atoms with van der Waals surface area (Å²) in [5.74, 6) is -1.51. The van der Waals surface area contributed by atoms with Crippen LogP contribution in [0.25, 0.3) is 0 Å². The van der Waals surface area contributed by atoms with Gasteiger partial charge in [-0.3, -0.25) is 19.3 Å². The summed E-state index contributed by atoms with van der Waals surface area (Å²) in [6, 6.07) is 21.5. The summed E-state index contributed by atoms with van der Waals surface area (Å²) in [4.78, 5) is 44.3. The molecule has 0 unspecified atom stereocenters. The highest BCUT2D eigenvalue weighted by Crippen LogP contribution is 2.66. The first-order valence-electron chi connectivity index (χ1n) is 10.5. The third-order valence-corrected chi connectivity index (χ3v) is 7.63. The lowest BCUT2D eigenvalue weighted by Gasteiger charge is -2.42. The van der Waals surface area contributed by atoms with E-state index in [-0.39, 0.29) is 17.5 Å². The molecule has 2 spiro atoms. The Morgan fingerprint density at radius 2 is 1.56 bits per heavy atom. The Morgan fingerprint density at radius 3 is 2.25 bits per heavy atom. The predicted molar refractivity (Wildman–Crippen MR) is 121 cm³/mol. The molecule has 6 rings (SSSR count). The number of nitrogens with one attached hydrogen (secondary N) is 1. The first-order chi connectivity index (χ1) is 15.4. The van der Waals surface area contributed by atoms with Crippen LogP contribution in [0.2, 0.25) is 5.02 Å². The van der Waals surface area contributed by atoms with Crippen LogP contribution < -0.4 is 5.32 Å². The van der Waals surface area contributed by atoms with E-state index in [1.165, 1.54) is 0 Å². The van der Waals surface area contributed by atoms with Crippen LogP contribution >= 0.6 is 11.6 Å². The zero-order chi connectivity index (χ0) is 22.3. The second kappa shape index (κ2) is 6.37. The molecule has 0 saturated carbocycles. The fourth-order valence-corrected chi connectivity index (χ4v) is 6.44. The van der Waals surface area contributed by atoms with E-state index in [0.29, 0.717) is 33.9 Å². The van der Waals surface area contributed by atoms with Crippen LogP contribution in [0.1, 0.15) is 37.8 Å². The number of hydrogen-bond donors (Lipinski definition) is 1. The Bertz CT molecular complexity index is 1320. The Balaban J connectivity index is 1.73. The van der Waals surface area contributed by atoms with Crippen molar-refractivity contribution < 1.29 is 14.4 Å². The smallest absolute Gasteiger partial charge is 0.251 e. The molecule has 0 bridgehead atoms. The number of rotatable bonds is 1. The van der Waals surface area contributed by atoms with Gasteiger partial charge in [0.2, 0.25) is 0 Å². The normalized spacial score (nSPS) is 25.4. The van der Waals surface area contributed by atoms with Crippen LogP contribution in [-0.4, -0.2) is 36.0 Å². The van der Waals surface area contributed by atoms with E-state index < -0.39 is 16.9 Å². The lowest BCUT2D eigenvalue weighted by Crippen LogP contribution is -2.60. The molecule has 2 atom stereocenters. The van der Waals surface area contributed by atoms with Crippen molar-refractivity contribution in [1.29, 1.82) is 0 Å². The molecule has 3 aromatic carbocycles. The number of carbonyl (C=O) groups is 3. The number of para-hydroxylation sites is 1. The third-order valence-electron chi connectivity index (χ3n) is 7.40. The molecule has 158 valence electrons. The highest BCUT2D eigenvalue weighted by atomic mass is 35.5. The number of halogens is 1. The van der Waals surface area contributed by atoms with Gasteiger partial charge in [-0.2, -0.15) is 0 Å². The quantitative estimate of drug-likeness (QED) is 0.571. The number of fused-ring (bicyclic) bond motifs is 4. The minimum absolute atomic E-state index is 0.306. The van der Waals surface area contributed by atoms with Crippen LogP contribution in [0.4, 0.5) is 5.69 Å². The minimum atomic E-state index is -1.63. The largest absolute Gasteiger partial charge is 0.324 e. The molecular formula is C26H19ClN2O3. The van der Waals surface area contributed by atoms with Crippen molar-refractivity contribution in [2.45, 2.75) is 11.5 Å². The molecule has 0 aromatic heterocycles. The zero-order valence-corrected chi connectivity index (χ0v) is 18.0. The molecule has 1 saturated heterocycles. The molecule has 3 aliphatic rings. The Morgan fingerprint density at radius 1 is 0.906 bits per heavy atom. The molecule has 32 heavy (non-hydrogen) atoms. The molecule has 1 aliphatic carbocycles. The van der Waals surface area contributed by atoms with E-state index in [2.05, 4.69) is 5.32 Å². The summed E-state index contributed by atoms with van der Waals surface area (Å²) in [7, 11) is 1.82. The van der Waals surface area contributed by atoms with E-state index in [1.807, 2.05) is 48.3 Å². The predicted octanol–water partition coefficient (Wildman–Crippen LogP) is 4.28. The lowest BCUT2D eigenvalue weighted by molar-refractivity contribution is -0.128. The molecule has 0 radical (unpaired) electrons. The first kappa shape index (κ1) is 19.4. The van der Waals surface area contributed by atoms with Crippen molar-refractivity contribution in [3.8, 4) is 0 Å². The Labute approximate surface area is 190 Å². The van der Waals surface area contributed by atoms with Crippen LogP contribution in [0.3, 0.4) is 0 Å². The molecule has 1 N–H and O–H groups in total. The summed E-state index contributed by atoms with van der Waals surface area (Å²) >= 11 is 6.31. The number of amides is 1. The van der Waals surface area contributed by atoms with Crippen molar-refractivity contribution in [1.82, 2.24) is 4.90 Å². The number of nitrogens with zero attached hydrogens (tertiary/aromatic N) is 1. The van der Waals surface area contributed by atoms with Crippen LogP contribution in [0, 0.1) is 5.41 Å². The monoisotopic (exact) mass is 442 g/mol. The molecular weight excluding hydrogens is 424 g/mol. The summed E-state index contributed by atoms with van der Waals surface area (Å²) in [6.45, 7) is 0.355. The summed E-state index contributed by atoms with van der Waals surface area (Å²) in [5.41, 5.74) is -0.282. The van der Waals surface area contributed by atoms with Crippen LogP contribution in [0.5, 0.6) is 0 Å². The summed E-state index contributed by atoms with van der Waals surface area (Å²) in [5, 5.41) is 3.47. The van der Waals surface area contributed by atoms with Crippen LogP contribution in [-0.2, 0) is 10.3 Å². The fraction of sp³-hybridized carbons (Fsp3) is 0.192. The van der Waals surface area contributed by atoms with Crippen LogP contribution in [0.15, 0.2) is 72.8 Å². The van der Waals surface area contributed by atoms with E-state index in [0.717, 1.165) is 5.56 Å².